The molecule has 12 aromatic rings. The molecule has 12 heterocycles. The Bertz CT molecular complexity index is 3090. The minimum atomic E-state index is -5.61. The zero-order chi connectivity index (χ0) is 53.3. The van der Waals surface area contributed by atoms with E-state index >= 15 is 0 Å². The minimum absolute atomic E-state index is 0. The average molecular weight is 3190 g/mol. The van der Waals surface area contributed by atoms with E-state index in [9.17, 15) is 0 Å². The van der Waals surface area contributed by atoms with E-state index < -0.39 is 9.05 Å². The van der Waals surface area contributed by atoms with E-state index in [0.29, 0.717) is 0 Å². The Balaban J connectivity index is -0.0000000147. The van der Waals surface area contributed by atoms with Gasteiger partial charge in [-0.1, -0.05) is 48.5 Å². The van der Waals surface area contributed by atoms with Crippen molar-refractivity contribution in [3.8, 4) is 91.1 Å². The van der Waals surface area contributed by atoms with Gasteiger partial charge in [0, 0.05) is 352 Å². The second-order valence-electron chi connectivity index (χ2n) is 15.2. The molecule has 73 heteroatoms. The van der Waals surface area contributed by atoms with Gasteiger partial charge in [-0.05, 0) is 97.1 Å². The molecule has 0 aliphatic carbocycles. The van der Waals surface area contributed by atoms with E-state index in [0.717, 1.165) is 91.1 Å². The number of pyridine rings is 8. The van der Waals surface area contributed by atoms with Gasteiger partial charge in [0.15, 0.2) is 0 Å². The molecule has 776 valence electrons. The van der Waals surface area contributed by atoms with Crippen LogP contribution in [0.3, 0.4) is 0 Å². The Hall–Kier alpha value is -0.642. The molecule has 0 amide bonds. The Labute approximate surface area is 970 Å². The summed E-state index contributed by atoms with van der Waals surface area (Å²) in [4.78, 5) is 104. The van der Waals surface area contributed by atoms with Crippen LogP contribution in [0.1, 0.15) is 0 Å². The largest absolute Gasteiger partial charge is 2.00 e. The van der Waals surface area contributed by atoms with Crippen LogP contribution in [0.4, 0.5) is 0 Å². The Morgan fingerprint density at radius 1 is 0.124 bits per heavy atom. The minimum Gasteiger partial charge on any atom is -2.00 e. The van der Waals surface area contributed by atoms with Gasteiger partial charge in [-0.15, -0.1) is 0 Å². The topological polar surface area (TPSA) is 1320 Å². The SMILES string of the molecule is [Ag+].[Ag+].[Ag+].[Ag+].[Mo].[Mo].[Mo].[Mo].[Mo].[Mo].[Mo].[Mo].[Mo].[Mo].[Mo].[Mo].[O-2].[O-2].[O-2].[O-2].[O-2].[O-2].[O-2].[O-2].[O-2].[O-2].[O-2].[O-2].[O-2].[O-2].[O-2].[O-2].[O-2].[O-2].[O-2].[O-2].[O-2].[O-2].[O-2].[O-2].[O-2].[O-2].[O-2].[O-2].[O-2].[O-2].[O-2].[O-2].[O-2].[O-2].[O-2].[O-2].[O-][Si]([O-])([O-])[O-].c1ccc(-c2nccnc2-c2ccccn2)nc1.c1ccc(-c2nccnc2-c2ccccn2)nc1.c1ccc(-c2nccnc2-c2ccccn2)nc1.c1ccc(-c2nccnc2-c2ccccn2)nc1. The van der Waals surface area contributed by atoms with Crippen LogP contribution < -0.4 is 19.2 Å². The second kappa shape index (κ2) is 170. The molecule has 129 heavy (non-hydrogen) atoms. The molecule has 0 aromatic carbocycles. The molecule has 0 fully saturated rings. The first-order valence-corrected chi connectivity index (χ1v) is 24.8. The molecule has 0 radical (unpaired) electrons. The van der Waals surface area contributed by atoms with Crippen molar-refractivity contribution in [3.05, 3.63) is 245 Å². The third kappa shape index (κ3) is 103. The van der Waals surface area contributed by atoms with Gasteiger partial charge in [0.2, 0.25) is 0 Å². The van der Waals surface area contributed by atoms with E-state index in [2.05, 4.69) is 79.7 Å². The van der Waals surface area contributed by atoms with Crippen molar-refractivity contribution in [1.82, 2.24) is 79.7 Å². The fourth-order valence-corrected chi connectivity index (χ4v) is 6.87. The van der Waals surface area contributed by atoms with E-state index in [-0.39, 0.29) is 539 Å². The molecule has 0 atom stereocenters. The van der Waals surface area contributed by atoms with Crippen LogP contribution in [-0.4, -0.2) is 88.8 Å². The first-order valence-electron chi connectivity index (χ1n) is 23.2. The van der Waals surface area contributed by atoms with Crippen LogP contribution in [0.2, 0.25) is 0 Å². The van der Waals surface area contributed by atoms with E-state index in [1.807, 2.05) is 146 Å². The standard InChI is InChI=1S/4C14H10N4.4Ag.12Mo.O4Si.36O/c4*1-3-7-15-11(5-1)13-14(18-10-9-17-13)12-6-2-4-8-16-12;;;;;;;;;;;;;;;;;1-5(2,3)4;;;;;;;;;;;;;;;;;;;;;;;;;;;;;;;;;;;;/h4*1-10H;;;;;;;;;;;;;;;;;;;;;;;;;;;;;;;;;;;;;;;;;;;;;;;;;;;;;/q;;;;4*+1;;;;;;;;;;;;;-4;36*-2. The van der Waals surface area contributed by atoms with Crippen molar-refractivity contribution >= 4 is 9.05 Å². The van der Waals surface area contributed by atoms with Crippen molar-refractivity contribution in [3.63, 3.8) is 0 Å². The summed E-state index contributed by atoms with van der Waals surface area (Å²) in [6, 6.07) is 45.7. The van der Waals surface area contributed by atoms with Gasteiger partial charge in [0.05, 0.1) is 45.6 Å². The summed E-state index contributed by atoms with van der Waals surface area (Å²) in [5, 5.41) is 0. The quantitative estimate of drug-likeness (QED) is 0.191. The van der Waals surface area contributed by atoms with Crippen molar-refractivity contribution < 1.29 is 559 Å². The molecule has 0 bridgehead atoms. The molecule has 12 aromatic heterocycles. The van der Waals surface area contributed by atoms with Gasteiger partial charge in [-0.2, -0.15) is 0 Å². The predicted octanol–water partition coefficient (Wildman–Crippen LogP) is 0.949. The molecule has 0 N–H and O–H groups in total. The zero-order valence-corrected chi connectivity index (χ0v) is 92.2. The molecule has 0 aliphatic heterocycles. The van der Waals surface area contributed by atoms with Gasteiger partial charge in [0.25, 0.3) is 0 Å². The maximum Gasteiger partial charge on any atom is 1.00 e. The molecule has 0 saturated heterocycles. The molecular weight excluding hydrogens is 3150 g/mol. The molecule has 0 aliphatic rings. The fraction of sp³-hybridized carbons (Fsp3) is 0. The van der Waals surface area contributed by atoms with Crippen LogP contribution >= 0.6 is 0 Å². The van der Waals surface area contributed by atoms with Crippen molar-refractivity contribution in [2.75, 3.05) is 0 Å². The third-order valence-corrected chi connectivity index (χ3v) is 10.1. The van der Waals surface area contributed by atoms with Gasteiger partial charge in [0.1, 0.15) is 45.6 Å². The molecule has 0 spiro atoms. The first kappa shape index (κ1) is 300. The Morgan fingerprint density at radius 3 is 0.248 bits per heavy atom. The molecule has 0 saturated carbocycles. The smallest absolute Gasteiger partial charge is 1.00 e. The Morgan fingerprint density at radius 2 is 0.194 bits per heavy atom. The van der Waals surface area contributed by atoms with E-state index in [1.54, 1.807) is 99.1 Å². The van der Waals surface area contributed by atoms with Crippen LogP contribution in [0.5, 0.6) is 0 Å². The van der Waals surface area contributed by atoms with Gasteiger partial charge in [-0.3, -0.25) is 79.7 Å². The number of hydrogen-bond acceptors (Lipinski definition) is 20. The first-order chi connectivity index (χ1) is 37.8. The summed E-state index contributed by atoms with van der Waals surface area (Å²) >= 11 is 0. The van der Waals surface area contributed by atoms with Gasteiger partial charge in [-0.25, -0.2) is 0 Å². The number of rotatable bonds is 8. The van der Waals surface area contributed by atoms with E-state index in [1.165, 1.54) is 0 Å². The van der Waals surface area contributed by atoms with Crippen molar-refractivity contribution in [2.24, 2.45) is 0 Å². The molecule has 12 rings (SSSR count). The van der Waals surface area contributed by atoms with Crippen LogP contribution in [-0.2, 0) is 539 Å². The average Bonchev–Trinajstić information content (AvgIpc) is 0.844. The monoisotopic (exact) mass is 3210 g/mol. The Kier molecular flexibility index (Phi) is 395. The van der Waals surface area contributed by atoms with E-state index in [4.69, 9.17) is 19.2 Å². The summed E-state index contributed by atoms with van der Waals surface area (Å²) in [5.41, 5.74) is 12.4. The van der Waals surface area contributed by atoms with Crippen molar-refractivity contribution in [2.45, 2.75) is 0 Å². The van der Waals surface area contributed by atoms with Crippen LogP contribution in [0.25, 0.3) is 91.1 Å². The summed E-state index contributed by atoms with van der Waals surface area (Å²) in [6.45, 7) is 0. The van der Waals surface area contributed by atoms with Crippen molar-refractivity contribution in [1.29, 1.82) is 0 Å². The summed E-state index contributed by atoms with van der Waals surface area (Å²) in [6.07, 6.45) is 27.2. The molecule has 0 unspecified atom stereocenters. The predicted molar refractivity (Wildman–Crippen MR) is 304 cm³/mol. The molecular formula is C56H40Ag4Mo12N16O40Si-72. The number of aromatic nitrogens is 16. The number of hydrogen-bond donors (Lipinski definition) is 0. The number of nitrogens with zero attached hydrogens (tertiary/aromatic N) is 16. The van der Waals surface area contributed by atoms with Crippen LogP contribution in [0.15, 0.2) is 245 Å². The summed E-state index contributed by atoms with van der Waals surface area (Å²) in [7, 11) is -5.61. The van der Waals surface area contributed by atoms with Gasteiger partial charge >= 0.3 is 89.5 Å². The summed E-state index contributed by atoms with van der Waals surface area (Å²) < 4.78 is 0. The summed E-state index contributed by atoms with van der Waals surface area (Å²) in [5.74, 6) is 0. The molecule has 56 nitrogen and oxygen atoms in total. The third-order valence-electron chi connectivity index (χ3n) is 10.1. The normalized spacial score (nSPS) is 6.17. The zero-order valence-electron chi connectivity index (χ0n) is 61.2. The van der Waals surface area contributed by atoms with Crippen LogP contribution in [0, 0.1) is 0 Å². The maximum absolute atomic E-state index is 8.58. The maximum atomic E-state index is 8.58. The van der Waals surface area contributed by atoms with Gasteiger partial charge < -0.3 is 225 Å². The second-order valence-corrected chi connectivity index (χ2v) is 16.2. The fourth-order valence-electron chi connectivity index (χ4n) is 6.87.